The lowest BCUT2D eigenvalue weighted by molar-refractivity contribution is -0.116. The summed E-state index contributed by atoms with van der Waals surface area (Å²) in [5.41, 5.74) is 1.79. The average molecular weight is 662 g/mol. The fourth-order valence-corrected chi connectivity index (χ4v) is 5.01. The number of carbonyl (C=O) groups excluding carboxylic acids is 3. The van der Waals surface area contributed by atoms with E-state index >= 15 is 0 Å². The lowest BCUT2D eigenvalue weighted by Gasteiger charge is -2.19. The van der Waals surface area contributed by atoms with E-state index in [-0.39, 0.29) is 37.0 Å². The van der Waals surface area contributed by atoms with Crippen LogP contribution in [0.5, 0.6) is 5.75 Å². The summed E-state index contributed by atoms with van der Waals surface area (Å²) in [6.45, 7) is 5.29. The smallest absolute Gasteiger partial charge is 0.407 e. The standard InChI is InChI=1S/C33H32ClN5O6S/c1-33(2,3)45-32(42)36-13-12-29(40)37-22-8-5-7-20(15-22)23-17-26(24-16-21(34)10-11-27(24)44-19-43-4)38-30(25(23)18-35)39-31(41)28-9-6-14-46-28/h5-11,14-17H,12-13,19H2,1-4H3,(H,36,42)(H,37,40)(H,38,39,41). The Morgan fingerprint density at radius 3 is 2.52 bits per heavy atom. The Labute approximate surface area is 275 Å². The molecule has 4 rings (SSSR count). The minimum atomic E-state index is -0.653. The van der Waals surface area contributed by atoms with E-state index in [1.54, 1.807) is 86.8 Å². The van der Waals surface area contributed by atoms with Crippen LogP contribution in [-0.2, 0) is 14.3 Å². The molecule has 3 amide bonds. The predicted octanol–water partition coefficient (Wildman–Crippen LogP) is 7.09. The Morgan fingerprint density at radius 2 is 1.83 bits per heavy atom. The topological polar surface area (TPSA) is 152 Å². The summed E-state index contributed by atoms with van der Waals surface area (Å²) in [5.74, 6) is -0.309. The Bertz CT molecular complexity index is 1770. The number of carbonyl (C=O) groups is 3. The summed E-state index contributed by atoms with van der Waals surface area (Å²) in [5, 5.41) is 20.6. The monoisotopic (exact) mass is 661 g/mol. The van der Waals surface area contributed by atoms with Gasteiger partial charge in [0, 0.05) is 41.9 Å². The second-order valence-corrected chi connectivity index (χ2v) is 12.2. The summed E-state index contributed by atoms with van der Waals surface area (Å²) in [4.78, 5) is 42.8. The zero-order valence-corrected chi connectivity index (χ0v) is 27.2. The Balaban J connectivity index is 1.69. The molecule has 0 radical (unpaired) electrons. The molecule has 0 fully saturated rings. The van der Waals surface area contributed by atoms with Gasteiger partial charge >= 0.3 is 6.09 Å². The minimum Gasteiger partial charge on any atom is -0.467 e. The van der Waals surface area contributed by atoms with Gasteiger partial charge in [-0.25, -0.2) is 9.78 Å². The Morgan fingerprint density at radius 1 is 1.02 bits per heavy atom. The van der Waals surface area contributed by atoms with Crippen molar-refractivity contribution in [2.45, 2.75) is 32.8 Å². The van der Waals surface area contributed by atoms with E-state index in [0.717, 1.165) is 0 Å². The maximum Gasteiger partial charge on any atom is 0.407 e. The first-order valence-corrected chi connectivity index (χ1v) is 15.3. The number of nitrogens with one attached hydrogen (secondary N) is 3. The van der Waals surface area contributed by atoms with Crippen LogP contribution in [0, 0.1) is 11.3 Å². The van der Waals surface area contributed by atoms with E-state index in [1.165, 1.54) is 18.4 Å². The molecular weight excluding hydrogens is 630 g/mol. The number of hydrogen-bond donors (Lipinski definition) is 3. The first-order valence-electron chi connectivity index (χ1n) is 14.1. The summed E-state index contributed by atoms with van der Waals surface area (Å²) in [6.07, 6.45) is -0.609. The van der Waals surface area contributed by atoms with E-state index in [2.05, 4.69) is 27.0 Å². The molecule has 238 valence electrons. The Hall–Kier alpha value is -4.96. The molecule has 13 heteroatoms. The van der Waals surface area contributed by atoms with Crippen molar-refractivity contribution in [3.8, 4) is 34.2 Å². The van der Waals surface area contributed by atoms with E-state index in [0.29, 0.717) is 43.7 Å². The van der Waals surface area contributed by atoms with Gasteiger partial charge in [0.1, 0.15) is 23.0 Å². The number of rotatable bonds is 11. The second kappa shape index (κ2) is 15.4. The van der Waals surface area contributed by atoms with Crippen LogP contribution in [0.4, 0.5) is 16.3 Å². The molecule has 3 N–H and O–H groups in total. The van der Waals surface area contributed by atoms with Crippen molar-refractivity contribution in [3.05, 3.63) is 81.5 Å². The van der Waals surface area contributed by atoms with Crippen molar-refractivity contribution in [2.75, 3.05) is 31.1 Å². The molecule has 0 spiro atoms. The number of halogens is 1. The fraction of sp³-hybridized carbons (Fsp3) is 0.242. The lowest BCUT2D eigenvalue weighted by Crippen LogP contribution is -2.34. The van der Waals surface area contributed by atoms with Gasteiger partial charge in [0.25, 0.3) is 5.91 Å². The van der Waals surface area contributed by atoms with Gasteiger partial charge in [0.05, 0.1) is 10.6 Å². The van der Waals surface area contributed by atoms with E-state index in [1.807, 2.05) is 0 Å². The first kappa shape index (κ1) is 33.9. The van der Waals surface area contributed by atoms with Crippen LogP contribution in [0.2, 0.25) is 5.02 Å². The van der Waals surface area contributed by atoms with Crippen LogP contribution in [0.1, 0.15) is 42.4 Å². The van der Waals surface area contributed by atoms with Crippen molar-refractivity contribution >= 4 is 52.4 Å². The van der Waals surface area contributed by atoms with Crippen LogP contribution in [0.15, 0.2) is 66.0 Å². The molecule has 46 heavy (non-hydrogen) atoms. The normalized spacial score (nSPS) is 10.9. The van der Waals surface area contributed by atoms with Crippen molar-refractivity contribution in [1.82, 2.24) is 10.3 Å². The molecule has 4 aromatic rings. The largest absolute Gasteiger partial charge is 0.467 e. The quantitative estimate of drug-likeness (QED) is 0.144. The number of methoxy groups -OCH3 is 1. The number of pyridine rings is 1. The van der Waals surface area contributed by atoms with Gasteiger partial charge in [-0.2, -0.15) is 5.26 Å². The number of thiophene rings is 1. The molecule has 2 aromatic carbocycles. The summed E-state index contributed by atoms with van der Waals surface area (Å²) >= 11 is 7.60. The third-order valence-corrected chi connectivity index (χ3v) is 7.24. The zero-order chi connectivity index (χ0) is 33.3. The fourth-order valence-electron chi connectivity index (χ4n) is 4.22. The molecule has 0 saturated heterocycles. The second-order valence-electron chi connectivity index (χ2n) is 10.8. The molecule has 0 atom stereocenters. The van der Waals surface area contributed by atoms with Gasteiger partial charge in [-0.1, -0.05) is 29.8 Å². The van der Waals surface area contributed by atoms with Crippen molar-refractivity contribution in [2.24, 2.45) is 0 Å². The number of hydrogen-bond acceptors (Lipinski definition) is 9. The van der Waals surface area contributed by atoms with Crippen LogP contribution < -0.4 is 20.7 Å². The zero-order valence-electron chi connectivity index (χ0n) is 25.6. The highest BCUT2D eigenvalue weighted by atomic mass is 35.5. The number of amides is 3. The third kappa shape index (κ3) is 9.28. The molecule has 0 aliphatic rings. The number of nitriles is 1. The van der Waals surface area contributed by atoms with Gasteiger partial charge in [-0.05, 0) is 74.2 Å². The maximum absolute atomic E-state index is 13.1. The predicted molar refractivity (Wildman–Crippen MR) is 177 cm³/mol. The molecule has 2 heterocycles. The number of benzene rings is 2. The molecule has 0 saturated carbocycles. The van der Waals surface area contributed by atoms with Crippen LogP contribution in [-0.4, -0.2) is 48.9 Å². The van der Waals surface area contributed by atoms with Crippen LogP contribution in [0.25, 0.3) is 22.4 Å². The number of aromatic nitrogens is 1. The van der Waals surface area contributed by atoms with Gasteiger partial charge in [-0.15, -0.1) is 11.3 Å². The SMILES string of the molecule is COCOc1ccc(Cl)cc1-c1cc(-c2cccc(NC(=O)CCNC(=O)OC(C)(C)C)c2)c(C#N)c(NC(=O)c2cccs2)n1. The number of anilines is 2. The molecule has 11 nitrogen and oxygen atoms in total. The molecule has 0 aliphatic heterocycles. The van der Waals surface area contributed by atoms with Gasteiger partial charge in [0.15, 0.2) is 12.6 Å². The summed E-state index contributed by atoms with van der Waals surface area (Å²) in [6, 6.07) is 19.2. The van der Waals surface area contributed by atoms with Gasteiger partial charge < -0.3 is 30.2 Å². The highest BCUT2D eigenvalue weighted by molar-refractivity contribution is 7.12. The number of ether oxygens (including phenoxy) is 3. The molecule has 0 unspecified atom stereocenters. The highest BCUT2D eigenvalue weighted by Crippen LogP contribution is 2.38. The molecule has 2 aromatic heterocycles. The summed E-state index contributed by atoms with van der Waals surface area (Å²) in [7, 11) is 1.50. The molecule has 0 bridgehead atoms. The van der Waals surface area contributed by atoms with Crippen molar-refractivity contribution in [1.29, 1.82) is 5.26 Å². The van der Waals surface area contributed by atoms with E-state index < -0.39 is 17.6 Å². The number of nitrogens with zero attached hydrogens (tertiary/aromatic N) is 2. The van der Waals surface area contributed by atoms with Gasteiger partial charge in [-0.3, -0.25) is 9.59 Å². The molecular formula is C33H32ClN5O6S. The minimum absolute atomic E-state index is 0.00420. The van der Waals surface area contributed by atoms with Crippen LogP contribution in [0.3, 0.4) is 0 Å². The highest BCUT2D eigenvalue weighted by Gasteiger charge is 2.21. The summed E-state index contributed by atoms with van der Waals surface area (Å²) < 4.78 is 16.0. The van der Waals surface area contributed by atoms with Crippen molar-refractivity contribution < 1.29 is 28.6 Å². The lowest BCUT2D eigenvalue weighted by atomic mass is 9.97. The van der Waals surface area contributed by atoms with E-state index in [9.17, 15) is 19.6 Å². The average Bonchev–Trinajstić information content (AvgIpc) is 3.55. The Kier molecular flexibility index (Phi) is 11.3. The van der Waals surface area contributed by atoms with E-state index in [4.69, 9.17) is 25.8 Å². The first-order chi connectivity index (χ1) is 22.0. The molecule has 0 aliphatic carbocycles. The van der Waals surface area contributed by atoms with Crippen LogP contribution >= 0.6 is 22.9 Å². The van der Waals surface area contributed by atoms with Gasteiger partial charge in [0.2, 0.25) is 5.91 Å². The maximum atomic E-state index is 13.1. The van der Waals surface area contributed by atoms with Crippen molar-refractivity contribution in [3.63, 3.8) is 0 Å². The number of alkyl carbamates (subject to hydrolysis) is 1. The third-order valence-electron chi connectivity index (χ3n) is 6.14.